The van der Waals surface area contributed by atoms with E-state index in [0.717, 1.165) is 41.7 Å². The molecule has 2 amide bonds. The SMILES string of the molecule is CC(=O)N1CCCC(C(=O)Nc2ccc(-c3nc4ccccc4o3)cc2)C1. The molecule has 2 heterocycles. The van der Waals surface area contributed by atoms with Crippen molar-refractivity contribution >= 4 is 28.6 Å². The van der Waals surface area contributed by atoms with E-state index < -0.39 is 0 Å². The summed E-state index contributed by atoms with van der Waals surface area (Å²) in [5.74, 6) is 0.364. The van der Waals surface area contributed by atoms with E-state index in [1.807, 2.05) is 48.5 Å². The largest absolute Gasteiger partial charge is 0.436 e. The first-order chi connectivity index (χ1) is 13.1. The molecule has 0 radical (unpaired) electrons. The minimum Gasteiger partial charge on any atom is -0.436 e. The Kier molecular flexibility index (Phi) is 4.62. The standard InChI is InChI=1S/C21H21N3O3/c1-14(25)24-12-4-5-16(13-24)20(26)22-17-10-8-15(9-11-17)21-23-18-6-2-3-7-19(18)27-21/h2-3,6-11,16H,4-5,12-13H2,1H3,(H,22,26). The summed E-state index contributed by atoms with van der Waals surface area (Å²) >= 11 is 0. The molecule has 6 nitrogen and oxygen atoms in total. The molecule has 1 aliphatic heterocycles. The Morgan fingerprint density at radius 3 is 2.67 bits per heavy atom. The molecule has 2 aromatic carbocycles. The number of piperidine rings is 1. The van der Waals surface area contributed by atoms with Gasteiger partial charge in [0.1, 0.15) is 5.52 Å². The maximum atomic E-state index is 12.5. The summed E-state index contributed by atoms with van der Waals surface area (Å²) in [4.78, 5) is 30.3. The van der Waals surface area contributed by atoms with E-state index in [9.17, 15) is 9.59 Å². The lowest BCUT2D eigenvalue weighted by Crippen LogP contribution is -2.42. The highest BCUT2D eigenvalue weighted by Crippen LogP contribution is 2.26. The van der Waals surface area contributed by atoms with Crippen molar-refractivity contribution in [2.24, 2.45) is 5.92 Å². The van der Waals surface area contributed by atoms with Crippen molar-refractivity contribution in [3.05, 3.63) is 48.5 Å². The number of hydrogen-bond donors (Lipinski definition) is 1. The molecule has 1 aliphatic rings. The first-order valence-electron chi connectivity index (χ1n) is 9.12. The molecule has 1 saturated heterocycles. The van der Waals surface area contributed by atoms with Gasteiger partial charge in [-0.25, -0.2) is 4.98 Å². The maximum absolute atomic E-state index is 12.5. The first-order valence-corrected chi connectivity index (χ1v) is 9.12. The molecule has 0 spiro atoms. The average molecular weight is 363 g/mol. The number of nitrogens with one attached hydrogen (secondary N) is 1. The molecule has 3 aromatic rings. The molecular weight excluding hydrogens is 342 g/mol. The van der Waals surface area contributed by atoms with Crippen LogP contribution in [-0.4, -0.2) is 34.8 Å². The molecule has 138 valence electrons. The second kappa shape index (κ2) is 7.23. The van der Waals surface area contributed by atoms with Gasteiger partial charge in [0, 0.05) is 31.3 Å². The summed E-state index contributed by atoms with van der Waals surface area (Å²) in [6, 6.07) is 15.1. The van der Waals surface area contributed by atoms with E-state index in [1.54, 1.807) is 11.8 Å². The average Bonchev–Trinajstić information content (AvgIpc) is 3.13. The van der Waals surface area contributed by atoms with Gasteiger partial charge in [-0.1, -0.05) is 12.1 Å². The number of benzene rings is 2. The van der Waals surface area contributed by atoms with Crippen LogP contribution in [0.25, 0.3) is 22.6 Å². The minimum absolute atomic E-state index is 0.0233. The topological polar surface area (TPSA) is 75.4 Å². The van der Waals surface area contributed by atoms with Gasteiger partial charge in [-0.05, 0) is 49.2 Å². The van der Waals surface area contributed by atoms with E-state index in [-0.39, 0.29) is 17.7 Å². The molecule has 1 fully saturated rings. The van der Waals surface area contributed by atoms with Gasteiger partial charge in [0.2, 0.25) is 17.7 Å². The third kappa shape index (κ3) is 3.69. The van der Waals surface area contributed by atoms with Crippen LogP contribution in [0, 0.1) is 5.92 Å². The van der Waals surface area contributed by atoms with Gasteiger partial charge < -0.3 is 14.6 Å². The third-order valence-electron chi connectivity index (χ3n) is 4.93. The van der Waals surface area contributed by atoms with Crippen molar-refractivity contribution in [3.63, 3.8) is 0 Å². The van der Waals surface area contributed by atoms with Crippen LogP contribution < -0.4 is 5.32 Å². The molecule has 1 N–H and O–H groups in total. The Labute approximate surface area is 157 Å². The number of likely N-dealkylation sites (tertiary alicyclic amines) is 1. The fourth-order valence-corrected chi connectivity index (χ4v) is 3.41. The van der Waals surface area contributed by atoms with Crippen molar-refractivity contribution in [2.45, 2.75) is 19.8 Å². The van der Waals surface area contributed by atoms with E-state index in [1.165, 1.54) is 0 Å². The van der Waals surface area contributed by atoms with E-state index >= 15 is 0 Å². The highest BCUT2D eigenvalue weighted by Gasteiger charge is 2.27. The van der Waals surface area contributed by atoms with Crippen LogP contribution in [-0.2, 0) is 9.59 Å². The number of aromatic nitrogens is 1. The van der Waals surface area contributed by atoms with Gasteiger partial charge in [0.15, 0.2) is 5.58 Å². The second-order valence-corrected chi connectivity index (χ2v) is 6.86. The van der Waals surface area contributed by atoms with E-state index in [0.29, 0.717) is 12.4 Å². The van der Waals surface area contributed by atoms with Gasteiger partial charge in [0.05, 0.1) is 5.92 Å². The maximum Gasteiger partial charge on any atom is 0.229 e. The summed E-state index contributed by atoms with van der Waals surface area (Å²) in [6.07, 6.45) is 1.66. The lowest BCUT2D eigenvalue weighted by Gasteiger charge is -2.31. The lowest BCUT2D eigenvalue weighted by atomic mass is 9.97. The van der Waals surface area contributed by atoms with E-state index in [2.05, 4.69) is 10.3 Å². The van der Waals surface area contributed by atoms with Crippen LogP contribution >= 0.6 is 0 Å². The molecule has 0 bridgehead atoms. The number of hydrogen-bond acceptors (Lipinski definition) is 4. The minimum atomic E-state index is -0.167. The first kappa shape index (κ1) is 17.3. The smallest absolute Gasteiger partial charge is 0.229 e. The number of oxazole rings is 1. The fraction of sp³-hybridized carbons (Fsp3) is 0.286. The number of fused-ring (bicyclic) bond motifs is 1. The Morgan fingerprint density at radius 1 is 1.15 bits per heavy atom. The predicted octanol–water partition coefficient (Wildman–Crippen LogP) is 3.69. The predicted molar refractivity (Wildman–Crippen MR) is 103 cm³/mol. The number of nitrogens with zero attached hydrogens (tertiary/aromatic N) is 2. The Morgan fingerprint density at radius 2 is 1.93 bits per heavy atom. The number of carbonyl (C=O) groups excluding carboxylic acids is 2. The molecule has 0 aliphatic carbocycles. The highest BCUT2D eigenvalue weighted by atomic mass is 16.3. The van der Waals surface area contributed by atoms with Crippen molar-refractivity contribution in [1.82, 2.24) is 9.88 Å². The van der Waals surface area contributed by atoms with Gasteiger partial charge in [-0.15, -0.1) is 0 Å². The monoisotopic (exact) mass is 363 g/mol. The second-order valence-electron chi connectivity index (χ2n) is 6.86. The number of amides is 2. The Bertz CT molecular complexity index is 945. The molecule has 1 aromatic heterocycles. The Balaban J connectivity index is 1.44. The number of para-hydroxylation sites is 2. The van der Waals surface area contributed by atoms with Gasteiger partial charge in [-0.3, -0.25) is 9.59 Å². The van der Waals surface area contributed by atoms with Crippen molar-refractivity contribution in [2.75, 3.05) is 18.4 Å². The summed E-state index contributed by atoms with van der Waals surface area (Å²) in [5.41, 5.74) is 3.14. The fourth-order valence-electron chi connectivity index (χ4n) is 3.41. The van der Waals surface area contributed by atoms with Crippen LogP contribution in [0.4, 0.5) is 5.69 Å². The van der Waals surface area contributed by atoms with Crippen LogP contribution in [0.3, 0.4) is 0 Å². The molecule has 1 atom stereocenters. The van der Waals surface area contributed by atoms with Crippen molar-refractivity contribution in [3.8, 4) is 11.5 Å². The van der Waals surface area contributed by atoms with Crippen LogP contribution in [0.1, 0.15) is 19.8 Å². The molecule has 0 saturated carbocycles. The third-order valence-corrected chi connectivity index (χ3v) is 4.93. The normalized spacial score (nSPS) is 17.1. The molecule has 27 heavy (non-hydrogen) atoms. The van der Waals surface area contributed by atoms with Gasteiger partial charge >= 0.3 is 0 Å². The Hall–Kier alpha value is -3.15. The zero-order valence-electron chi connectivity index (χ0n) is 15.1. The lowest BCUT2D eigenvalue weighted by molar-refractivity contribution is -0.132. The summed E-state index contributed by atoms with van der Waals surface area (Å²) < 4.78 is 5.77. The summed E-state index contributed by atoms with van der Waals surface area (Å²) in [7, 11) is 0. The molecule has 1 unspecified atom stereocenters. The highest BCUT2D eigenvalue weighted by molar-refractivity contribution is 5.93. The molecule has 4 rings (SSSR count). The van der Waals surface area contributed by atoms with Crippen molar-refractivity contribution < 1.29 is 14.0 Å². The zero-order valence-corrected chi connectivity index (χ0v) is 15.1. The molecular formula is C21H21N3O3. The molecule has 6 heteroatoms. The number of carbonyl (C=O) groups is 2. The van der Waals surface area contributed by atoms with Gasteiger partial charge in [0.25, 0.3) is 0 Å². The van der Waals surface area contributed by atoms with Crippen LogP contribution in [0.15, 0.2) is 52.9 Å². The van der Waals surface area contributed by atoms with Crippen molar-refractivity contribution in [1.29, 1.82) is 0 Å². The van der Waals surface area contributed by atoms with E-state index in [4.69, 9.17) is 4.42 Å². The summed E-state index contributed by atoms with van der Waals surface area (Å²) in [5, 5.41) is 2.95. The van der Waals surface area contributed by atoms with Crippen LogP contribution in [0.2, 0.25) is 0 Å². The quantitative estimate of drug-likeness (QED) is 0.770. The van der Waals surface area contributed by atoms with Crippen LogP contribution in [0.5, 0.6) is 0 Å². The van der Waals surface area contributed by atoms with Gasteiger partial charge in [-0.2, -0.15) is 0 Å². The zero-order chi connectivity index (χ0) is 18.8. The number of anilines is 1. The summed E-state index contributed by atoms with van der Waals surface area (Å²) in [6.45, 7) is 2.77. The number of rotatable bonds is 3.